The second kappa shape index (κ2) is 8.46. The van der Waals surface area contributed by atoms with Crippen molar-refractivity contribution in [2.24, 2.45) is 23.7 Å². The molecule has 0 aromatic heterocycles. The number of imide groups is 1. The third kappa shape index (κ3) is 3.81. The first-order valence-corrected chi connectivity index (χ1v) is 11.3. The number of amides is 3. The molecule has 5 atom stereocenters. The Labute approximate surface area is 191 Å². The van der Waals surface area contributed by atoms with E-state index in [-0.39, 0.29) is 47.8 Å². The predicted octanol–water partition coefficient (Wildman–Crippen LogP) is 4.10. The smallest absolute Gasteiger partial charge is 0.234 e. The zero-order valence-electron chi connectivity index (χ0n) is 18.2. The molecule has 1 saturated carbocycles. The number of ether oxygens (including phenoxy) is 1. The summed E-state index contributed by atoms with van der Waals surface area (Å²) in [6.45, 7) is 2.43. The summed E-state index contributed by atoms with van der Waals surface area (Å²) in [7, 11) is 0. The summed E-state index contributed by atoms with van der Waals surface area (Å²) in [6.07, 6.45) is 4.79. The monoisotopic (exact) mass is 448 g/mol. The number of hydrogen-bond donors (Lipinski definition) is 1. The lowest BCUT2D eigenvalue weighted by Crippen LogP contribution is -2.38. The van der Waals surface area contributed by atoms with Crippen LogP contribution in [0.2, 0.25) is 0 Å². The van der Waals surface area contributed by atoms with Gasteiger partial charge in [-0.3, -0.25) is 19.3 Å². The SMILES string of the molecule is CCOc1ccc(NC(=O)CC(c2ccc(F)cc2)N2C(=O)C3C4C=CC(C4)C3C2=O)cc1. The van der Waals surface area contributed by atoms with Gasteiger partial charge in [-0.2, -0.15) is 0 Å². The average molecular weight is 448 g/mol. The molecule has 0 radical (unpaired) electrons. The summed E-state index contributed by atoms with van der Waals surface area (Å²) >= 11 is 0. The van der Waals surface area contributed by atoms with Gasteiger partial charge in [0.15, 0.2) is 0 Å². The molecule has 0 spiro atoms. The quantitative estimate of drug-likeness (QED) is 0.511. The Morgan fingerprint density at radius 3 is 2.21 bits per heavy atom. The van der Waals surface area contributed by atoms with Crippen molar-refractivity contribution in [1.82, 2.24) is 4.90 Å². The molecule has 1 N–H and O–H groups in total. The molecule has 1 heterocycles. The van der Waals surface area contributed by atoms with E-state index in [2.05, 4.69) is 5.32 Å². The highest BCUT2D eigenvalue weighted by Crippen LogP contribution is 2.54. The third-order valence-electron chi connectivity index (χ3n) is 6.90. The highest BCUT2D eigenvalue weighted by Gasteiger charge is 2.60. The lowest BCUT2D eigenvalue weighted by Gasteiger charge is -2.28. The van der Waals surface area contributed by atoms with E-state index in [1.54, 1.807) is 24.3 Å². The van der Waals surface area contributed by atoms with E-state index in [0.29, 0.717) is 23.6 Å². The van der Waals surface area contributed by atoms with Crippen molar-refractivity contribution in [1.29, 1.82) is 0 Å². The first kappa shape index (κ1) is 21.4. The molecule has 5 rings (SSSR count). The van der Waals surface area contributed by atoms with Gasteiger partial charge in [-0.05, 0) is 67.1 Å². The molecule has 3 aliphatic rings. The molecule has 2 aromatic carbocycles. The van der Waals surface area contributed by atoms with E-state index in [1.165, 1.54) is 29.2 Å². The van der Waals surface area contributed by atoms with Gasteiger partial charge in [0.25, 0.3) is 0 Å². The summed E-state index contributed by atoms with van der Waals surface area (Å²) in [4.78, 5) is 40.9. The Kier molecular flexibility index (Phi) is 5.48. The number of carbonyl (C=O) groups is 3. The van der Waals surface area contributed by atoms with Crippen molar-refractivity contribution in [2.75, 3.05) is 11.9 Å². The van der Waals surface area contributed by atoms with Gasteiger partial charge in [0.05, 0.1) is 30.9 Å². The van der Waals surface area contributed by atoms with Crippen LogP contribution in [-0.2, 0) is 14.4 Å². The number of benzene rings is 2. The van der Waals surface area contributed by atoms with Gasteiger partial charge < -0.3 is 10.1 Å². The molecule has 1 saturated heterocycles. The second-order valence-corrected chi connectivity index (χ2v) is 8.82. The number of carbonyl (C=O) groups excluding carboxylic acids is 3. The van der Waals surface area contributed by atoms with Gasteiger partial charge in [0, 0.05) is 5.69 Å². The Morgan fingerprint density at radius 2 is 1.64 bits per heavy atom. The standard InChI is InChI=1S/C26H25FN2O4/c1-2-33-20-11-9-19(10-12-20)28-22(30)14-21(15-5-7-18(27)8-6-15)29-25(31)23-16-3-4-17(13-16)24(23)26(29)32/h3-12,16-17,21,23-24H,2,13-14H2,1H3,(H,28,30). The maximum Gasteiger partial charge on any atom is 0.234 e. The summed E-state index contributed by atoms with van der Waals surface area (Å²) < 4.78 is 19.0. The number of likely N-dealkylation sites (tertiary alicyclic amines) is 1. The van der Waals surface area contributed by atoms with Crippen LogP contribution in [0.4, 0.5) is 10.1 Å². The summed E-state index contributed by atoms with van der Waals surface area (Å²) in [5.74, 6) is -1.09. The molecule has 2 aliphatic carbocycles. The van der Waals surface area contributed by atoms with Crippen molar-refractivity contribution in [3.05, 3.63) is 72.1 Å². The van der Waals surface area contributed by atoms with Gasteiger partial charge in [-0.15, -0.1) is 0 Å². The maximum atomic E-state index is 13.6. The zero-order chi connectivity index (χ0) is 23.1. The first-order chi connectivity index (χ1) is 16.0. The molecular formula is C26H25FN2O4. The second-order valence-electron chi connectivity index (χ2n) is 8.82. The zero-order valence-corrected chi connectivity index (χ0v) is 18.2. The normalized spacial score (nSPS) is 25.9. The van der Waals surface area contributed by atoms with Crippen molar-refractivity contribution in [3.8, 4) is 5.75 Å². The minimum atomic E-state index is -0.793. The predicted molar refractivity (Wildman–Crippen MR) is 120 cm³/mol. The lowest BCUT2D eigenvalue weighted by atomic mass is 9.85. The van der Waals surface area contributed by atoms with Crippen LogP contribution < -0.4 is 10.1 Å². The van der Waals surface area contributed by atoms with Crippen LogP contribution in [0.3, 0.4) is 0 Å². The number of anilines is 1. The maximum absolute atomic E-state index is 13.6. The number of halogens is 1. The Hall–Kier alpha value is -3.48. The molecule has 170 valence electrons. The summed E-state index contributed by atoms with van der Waals surface area (Å²) in [6, 6.07) is 11.8. The number of fused-ring (bicyclic) bond motifs is 5. The molecule has 7 heteroatoms. The van der Waals surface area contributed by atoms with E-state index in [0.717, 1.165) is 6.42 Å². The number of hydrogen-bond acceptors (Lipinski definition) is 4. The molecule has 2 aromatic rings. The molecule has 2 bridgehead atoms. The van der Waals surface area contributed by atoms with Gasteiger partial charge in [-0.1, -0.05) is 24.3 Å². The van der Waals surface area contributed by atoms with Crippen LogP contribution in [0.5, 0.6) is 5.75 Å². The third-order valence-corrected chi connectivity index (χ3v) is 6.90. The van der Waals surface area contributed by atoms with Crippen molar-refractivity contribution in [3.63, 3.8) is 0 Å². The van der Waals surface area contributed by atoms with Crippen LogP contribution in [0.25, 0.3) is 0 Å². The Balaban J connectivity index is 1.39. The molecule has 3 amide bonds. The number of allylic oxidation sites excluding steroid dienone is 2. The molecule has 33 heavy (non-hydrogen) atoms. The highest BCUT2D eigenvalue weighted by molar-refractivity contribution is 6.07. The molecule has 6 nitrogen and oxygen atoms in total. The van der Waals surface area contributed by atoms with E-state index in [1.807, 2.05) is 19.1 Å². The van der Waals surface area contributed by atoms with E-state index < -0.39 is 11.9 Å². The van der Waals surface area contributed by atoms with Gasteiger partial charge in [0.2, 0.25) is 17.7 Å². The fourth-order valence-electron chi connectivity index (χ4n) is 5.46. The number of rotatable bonds is 7. The van der Waals surface area contributed by atoms with E-state index in [9.17, 15) is 18.8 Å². The largest absolute Gasteiger partial charge is 0.494 e. The van der Waals surface area contributed by atoms with Gasteiger partial charge in [0.1, 0.15) is 11.6 Å². The molecule has 1 aliphatic heterocycles. The molecular weight excluding hydrogens is 423 g/mol. The molecule has 2 fully saturated rings. The van der Waals surface area contributed by atoms with Crippen molar-refractivity contribution in [2.45, 2.75) is 25.8 Å². The topological polar surface area (TPSA) is 75.7 Å². The Bertz CT molecular complexity index is 1080. The first-order valence-electron chi connectivity index (χ1n) is 11.3. The van der Waals surface area contributed by atoms with Crippen LogP contribution >= 0.6 is 0 Å². The number of nitrogens with zero attached hydrogens (tertiary/aromatic N) is 1. The number of nitrogens with one attached hydrogen (secondary N) is 1. The van der Waals surface area contributed by atoms with Crippen LogP contribution in [-0.4, -0.2) is 29.2 Å². The fraction of sp³-hybridized carbons (Fsp3) is 0.346. The van der Waals surface area contributed by atoms with Crippen LogP contribution in [0.1, 0.15) is 31.4 Å². The van der Waals surface area contributed by atoms with Crippen LogP contribution in [0.15, 0.2) is 60.7 Å². The Morgan fingerprint density at radius 1 is 1.03 bits per heavy atom. The highest BCUT2D eigenvalue weighted by atomic mass is 19.1. The minimum Gasteiger partial charge on any atom is -0.494 e. The minimum absolute atomic E-state index is 0.0769. The van der Waals surface area contributed by atoms with E-state index >= 15 is 0 Å². The van der Waals surface area contributed by atoms with Gasteiger partial charge in [-0.25, -0.2) is 4.39 Å². The fourth-order valence-corrected chi connectivity index (χ4v) is 5.46. The molecule has 5 unspecified atom stereocenters. The van der Waals surface area contributed by atoms with Crippen molar-refractivity contribution < 1.29 is 23.5 Å². The summed E-state index contributed by atoms with van der Waals surface area (Å²) in [5, 5.41) is 2.83. The van der Waals surface area contributed by atoms with E-state index in [4.69, 9.17) is 4.74 Å². The van der Waals surface area contributed by atoms with Crippen molar-refractivity contribution >= 4 is 23.4 Å². The summed E-state index contributed by atoms with van der Waals surface area (Å²) in [5.41, 5.74) is 1.14. The van der Waals surface area contributed by atoms with Crippen LogP contribution in [0, 0.1) is 29.5 Å². The lowest BCUT2D eigenvalue weighted by molar-refractivity contribution is -0.144. The average Bonchev–Trinajstić information content (AvgIpc) is 3.48. The van der Waals surface area contributed by atoms with Gasteiger partial charge >= 0.3 is 0 Å².